The summed E-state index contributed by atoms with van der Waals surface area (Å²) in [5.74, 6) is 2.80. The molecule has 3 unspecified atom stereocenters. The average molecular weight is 223 g/mol. The topological polar surface area (TPSA) is 12.0 Å². The predicted molar refractivity (Wildman–Crippen MR) is 70.5 cm³/mol. The van der Waals surface area contributed by atoms with Crippen LogP contribution >= 0.6 is 0 Å². The second-order valence-corrected chi connectivity index (χ2v) is 6.50. The van der Waals surface area contributed by atoms with Crippen molar-refractivity contribution < 1.29 is 0 Å². The van der Waals surface area contributed by atoms with Gasteiger partial charge < -0.3 is 5.32 Å². The molecule has 0 heterocycles. The first kappa shape index (κ1) is 12.4. The minimum atomic E-state index is 0.753. The maximum atomic E-state index is 3.93. The Bertz CT molecular complexity index is 207. The third kappa shape index (κ3) is 3.00. The molecule has 1 heteroatoms. The Hall–Kier alpha value is -0.0400. The van der Waals surface area contributed by atoms with Crippen molar-refractivity contribution in [3.8, 4) is 0 Å². The molecule has 0 saturated heterocycles. The van der Waals surface area contributed by atoms with E-state index in [4.69, 9.17) is 0 Å². The van der Waals surface area contributed by atoms with Gasteiger partial charge >= 0.3 is 0 Å². The Morgan fingerprint density at radius 3 is 2.31 bits per heavy atom. The van der Waals surface area contributed by atoms with Crippen molar-refractivity contribution in [2.24, 2.45) is 17.8 Å². The van der Waals surface area contributed by atoms with Gasteiger partial charge in [-0.15, -0.1) is 0 Å². The van der Waals surface area contributed by atoms with Gasteiger partial charge in [0.15, 0.2) is 0 Å². The summed E-state index contributed by atoms with van der Waals surface area (Å²) < 4.78 is 0. The van der Waals surface area contributed by atoms with Gasteiger partial charge in [0.05, 0.1) is 0 Å². The van der Waals surface area contributed by atoms with Gasteiger partial charge in [-0.25, -0.2) is 0 Å². The second-order valence-electron chi connectivity index (χ2n) is 6.50. The fourth-order valence-corrected chi connectivity index (χ4v) is 3.84. The second kappa shape index (κ2) is 5.53. The highest BCUT2D eigenvalue weighted by Gasteiger charge is 2.29. The summed E-state index contributed by atoms with van der Waals surface area (Å²) >= 11 is 0. The van der Waals surface area contributed by atoms with E-state index in [0.29, 0.717) is 0 Å². The van der Waals surface area contributed by atoms with E-state index < -0.39 is 0 Å². The molecule has 0 aromatic carbocycles. The van der Waals surface area contributed by atoms with Crippen LogP contribution in [0.15, 0.2) is 0 Å². The molecular formula is C15H29N. The molecule has 2 aliphatic rings. The molecule has 0 radical (unpaired) electrons. The van der Waals surface area contributed by atoms with Crippen molar-refractivity contribution in [1.82, 2.24) is 5.32 Å². The number of rotatable bonds is 3. The van der Waals surface area contributed by atoms with Crippen LogP contribution in [-0.4, -0.2) is 12.1 Å². The Kier molecular flexibility index (Phi) is 4.29. The lowest BCUT2D eigenvalue weighted by Gasteiger charge is -2.36. The average Bonchev–Trinajstić information content (AvgIpc) is 2.75. The molecule has 0 spiro atoms. The van der Waals surface area contributed by atoms with E-state index in [9.17, 15) is 0 Å². The Morgan fingerprint density at radius 1 is 1.00 bits per heavy atom. The van der Waals surface area contributed by atoms with Crippen molar-refractivity contribution >= 4 is 0 Å². The van der Waals surface area contributed by atoms with Gasteiger partial charge in [-0.1, -0.05) is 26.7 Å². The zero-order valence-corrected chi connectivity index (χ0v) is 11.3. The van der Waals surface area contributed by atoms with Crippen LogP contribution in [0.1, 0.15) is 65.7 Å². The molecule has 16 heavy (non-hydrogen) atoms. The summed E-state index contributed by atoms with van der Waals surface area (Å²) in [6.45, 7) is 7.27. The lowest BCUT2D eigenvalue weighted by atomic mass is 9.79. The molecule has 2 fully saturated rings. The molecule has 2 saturated carbocycles. The Morgan fingerprint density at radius 2 is 1.69 bits per heavy atom. The molecule has 4 atom stereocenters. The highest BCUT2D eigenvalue weighted by Crippen LogP contribution is 2.32. The fraction of sp³-hybridized carbons (Fsp3) is 1.00. The Labute approximate surface area is 101 Å². The van der Waals surface area contributed by atoms with Crippen molar-refractivity contribution in [2.75, 3.05) is 0 Å². The van der Waals surface area contributed by atoms with Crippen LogP contribution in [0, 0.1) is 17.8 Å². The molecule has 0 amide bonds. The van der Waals surface area contributed by atoms with E-state index in [2.05, 4.69) is 26.1 Å². The number of nitrogens with one attached hydrogen (secondary N) is 1. The lowest BCUT2D eigenvalue weighted by molar-refractivity contribution is 0.199. The maximum absolute atomic E-state index is 3.93. The van der Waals surface area contributed by atoms with Crippen LogP contribution < -0.4 is 5.32 Å². The summed E-state index contributed by atoms with van der Waals surface area (Å²) in [7, 11) is 0. The van der Waals surface area contributed by atoms with E-state index in [1.165, 1.54) is 44.9 Å². The maximum Gasteiger partial charge on any atom is 0.00954 e. The first-order valence-electron chi connectivity index (χ1n) is 7.43. The smallest absolute Gasteiger partial charge is 0.00954 e. The van der Waals surface area contributed by atoms with Gasteiger partial charge in [-0.2, -0.15) is 0 Å². The van der Waals surface area contributed by atoms with Crippen molar-refractivity contribution in [3.63, 3.8) is 0 Å². The fourth-order valence-electron chi connectivity index (χ4n) is 3.84. The van der Waals surface area contributed by atoms with Gasteiger partial charge in [-0.3, -0.25) is 0 Å². The first-order chi connectivity index (χ1) is 7.66. The quantitative estimate of drug-likeness (QED) is 0.763. The molecule has 94 valence electrons. The van der Waals surface area contributed by atoms with Crippen molar-refractivity contribution in [3.05, 3.63) is 0 Å². The lowest BCUT2D eigenvalue weighted by Crippen LogP contribution is -2.45. The number of hydrogen-bond acceptors (Lipinski definition) is 1. The van der Waals surface area contributed by atoms with Crippen molar-refractivity contribution in [2.45, 2.75) is 77.8 Å². The van der Waals surface area contributed by atoms with E-state index in [1.807, 2.05) is 0 Å². The van der Waals surface area contributed by atoms with E-state index in [0.717, 1.165) is 29.8 Å². The third-order valence-corrected chi connectivity index (χ3v) is 5.02. The van der Waals surface area contributed by atoms with E-state index in [-0.39, 0.29) is 0 Å². The van der Waals surface area contributed by atoms with Gasteiger partial charge in [0.25, 0.3) is 0 Å². The molecule has 1 N–H and O–H groups in total. The van der Waals surface area contributed by atoms with Gasteiger partial charge in [0.2, 0.25) is 0 Å². The molecule has 0 aromatic rings. The minimum absolute atomic E-state index is 0.753. The van der Waals surface area contributed by atoms with Crippen LogP contribution in [-0.2, 0) is 0 Å². The zero-order chi connectivity index (χ0) is 11.5. The predicted octanol–water partition coefficient (Wildman–Crippen LogP) is 3.98. The van der Waals surface area contributed by atoms with Gasteiger partial charge in [0.1, 0.15) is 0 Å². The van der Waals surface area contributed by atoms with Crippen LogP contribution in [0.25, 0.3) is 0 Å². The summed E-state index contributed by atoms with van der Waals surface area (Å²) in [6, 6.07) is 1.55. The van der Waals surface area contributed by atoms with E-state index >= 15 is 0 Å². The SMILES string of the molecule is CC1CCC(N[C@H](C)C2CCCC2)C(C)C1. The monoisotopic (exact) mass is 223 g/mol. The van der Waals surface area contributed by atoms with Crippen LogP contribution in [0.2, 0.25) is 0 Å². The van der Waals surface area contributed by atoms with Gasteiger partial charge in [0, 0.05) is 12.1 Å². The van der Waals surface area contributed by atoms with Crippen LogP contribution in [0.4, 0.5) is 0 Å². The molecular weight excluding hydrogens is 194 g/mol. The molecule has 2 aliphatic carbocycles. The normalized spacial score (nSPS) is 38.8. The van der Waals surface area contributed by atoms with Crippen LogP contribution in [0.3, 0.4) is 0 Å². The Balaban J connectivity index is 1.79. The van der Waals surface area contributed by atoms with E-state index in [1.54, 1.807) is 0 Å². The highest BCUT2D eigenvalue weighted by atomic mass is 15.0. The van der Waals surface area contributed by atoms with Gasteiger partial charge in [-0.05, 0) is 56.8 Å². The highest BCUT2D eigenvalue weighted by molar-refractivity contribution is 4.86. The molecule has 0 bridgehead atoms. The summed E-state index contributed by atoms with van der Waals surface area (Å²) in [5, 5.41) is 3.93. The molecule has 1 nitrogen and oxygen atoms in total. The standard InChI is InChI=1S/C15H29N/c1-11-8-9-15(12(2)10-11)16-13(3)14-6-4-5-7-14/h11-16H,4-10H2,1-3H3/t11?,12?,13-,15?/m1/s1. The summed E-state index contributed by atoms with van der Waals surface area (Å²) in [5.41, 5.74) is 0. The summed E-state index contributed by atoms with van der Waals surface area (Å²) in [4.78, 5) is 0. The molecule has 0 aliphatic heterocycles. The number of hydrogen-bond donors (Lipinski definition) is 1. The molecule has 2 rings (SSSR count). The van der Waals surface area contributed by atoms with Crippen molar-refractivity contribution in [1.29, 1.82) is 0 Å². The summed E-state index contributed by atoms with van der Waals surface area (Å²) in [6.07, 6.45) is 10.1. The molecule has 0 aromatic heterocycles. The van der Waals surface area contributed by atoms with Crippen LogP contribution in [0.5, 0.6) is 0 Å². The minimum Gasteiger partial charge on any atom is -0.311 e. The zero-order valence-electron chi connectivity index (χ0n) is 11.3. The largest absolute Gasteiger partial charge is 0.311 e. The first-order valence-corrected chi connectivity index (χ1v) is 7.43. The third-order valence-electron chi connectivity index (χ3n) is 5.02.